The fourth-order valence-electron chi connectivity index (χ4n) is 9.67. The Morgan fingerprint density at radius 3 is 2.30 bits per heavy atom. The van der Waals surface area contributed by atoms with Gasteiger partial charge in [0.1, 0.15) is 24.4 Å². The average molecular weight is 531 g/mol. The van der Waals surface area contributed by atoms with E-state index in [0.29, 0.717) is 32.1 Å². The molecule has 11 nitrogen and oxygen atoms in total. The van der Waals surface area contributed by atoms with Crippen LogP contribution in [-0.2, 0) is 14.3 Å². The predicted molar refractivity (Wildman–Crippen MR) is 126 cm³/mol. The van der Waals surface area contributed by atoms with Gasteiger partial charge in [-0.2, -0.15) is 0 Å². The van der Waals surface area contributed by atoms with Crippen molar-refractivity contribution in [2.75, 3.05) is 13.2 Å². The number of carboxylic acid groups (broad SMARTS) is 1. The normalized spacial score (nSPS) is 57.4. The van der Waals surface area contributed by atoms with Crippen molar-refractivity contribution in [3.63, 3.8) is 0 Å². The van der Waals surface area contributed by atoms with Crippen LogP contribution in [0, 0.1) is 34.0 Å². The fraction of sp³-hybridized carbons (Fsp3) is 0.962. The lowest BCUT2D eigenvalue weighted by atomic mass is 9.39. The smallest absolute Gasteiger partial charge is 0.309 e. The van der Waals surface area contributed by atoms with Crippen molar-refractivity contribution in [2.24, 2.45) is 34.0 Å². The summed E-state index contributed by atoms with van der Waals surface area (Å²) in [7, 11) is 0. The van der Waals surface area contributed by atoms with Crippen LogP contribution in [-0.4, -0.2) is 109 Å². The number of hydrogen-bond donors (Lipinski definition) is 8. The predicted octanol–water partition coefficient (Wildman–Crippen LogP) is -1.03. The summed E-state index contributed by atoms with van der Waals surface area (Å²) in [6, 6.07) is 0. The maximum absolute atomic E-state index is 12.4. The Hall–Kier alpha value is -0.890. The third kappa shape index (κ3) is 3.62. The molecule has 11 heteroatoms. The molecule has 1 spiro atoms. The van der Waals surface area contributed by atoms with Gasteiger partial charge in [0.15, 0.2) is 6.29 Å². The Morgan fingerprint density at radius 1 is 0.973 bits per heavy atom. The van der Waals surface area contributed by atoms with E-state index in [1.165, 1.54) is 0 Å². The van der Waals surface area contributed by atoms with E-state index in [9.17, 15) is 45.6 Å². The molecule has 4 saturated carbocycles. The van der Waals surface area contributed by atoms with Crippen LogP contribution in [0.1, 0.15) is 58.8 Å². The third-order valence-corrected chi connectivity index (χ3v) is 11.3. The molecule has 0 radical (unpaired) electrons. The molecule has 0 amide bonds. The first-order chi connectivity index (χ1) is 17.3. The van der Waals surface area contributed by atoms with Crippen molar-refractivity contribution in [3.8, 4) is 0 Å². The van der Waals surface area contributed by atoms with Crippen LogP contribution >= 0.6 is 0 Å². The average Bonchev–Trinajstić information content (AvgIpc) is 3.10. The number of rotatable bonds is 5. The van der Waals surface area contributed by atoms with E-state index >= 15 is 0 Å². The van der Waals surface area contributed by atoms with Gasteiger partial charge in [-0.05, 0) is 62.7 Å². The first-order valence-electron chi connectivity index (χ1n) is 13.5. The molecule has 1 heterocycles. The van der Waals surface area contributed by atoms with Crippen molar-refractivity contribution in [3.05, 3.63) is 0 Å². The second kappa shape index (κ2) is 9.07. The number of aliphatic hydroxyl groups excluding tert-OH is 7. The molecule has 37 heavy (non-hydrogen) atoms. The number of aliphatic hydroxyl groups is 7. The van der Waals surface area contributed by atoms with E-state index in [2.05, 4.69) is 0 Å². The van der Waals surface area contributed by atoms with Gasteiger partial charge in [0.25, 0.3) is 0 Å². The SMILES string of the molecule is CC1(C(=O)O)CCCC2(C)C1C(O)C(O)C13CC(CCC21)C(CO)(OC1OC(CO)C(O)C(O)C1O)C3. The molecule has 14 atom stereocenters. The minimum atomic E-state index is -1.63. The van der Waals surface area contributed by atoms with Gasteiger partial charge in [0.2, 0.25) is 0 Å². The zero-order chi connectivity index (χ0) is 27.1. The van der Waals surface area contributed by atoms with Gasteiger partial charge in [-0.15, -0.1) is 0 Å². The highest BCUT2D eigenvalue weighted by Crippen LogP contribution is 2.73. The Morgan fingerprint density at radius 2 is 1.68 bits per heavy atom. The van der Waals surface area contributed by atoms with Gasteiger partial charge in [-0.1, -0.05) is 13.3 Å². The van der Waals surface area contributed by atoms with E-state index in [-0.39, 0.29) is 18.3 Å². The van der Waals surface area contributed by atoms with E-state index in [1.807, 2.05) is 6.92 Å². The summed E-state index contributed by atoms with van der Waals surface area (Å²) in [5.74, 6) is -1.98. The van der Waals surface area contributed by atoms with Gasteiger partial charge in [-0.3, -0.25) is 4.79 Å². The van der Waals surface area contributed by atoms with Crippen molar-refractivity contribution in [1.82, 2.24) is 0 Å². The lowest BCUT2D eigenvalue weighted by molar-refractivity contribution is -0.335. The van der Waals surface area contributed by atoms with E-state index < -0.39 is 89.9 Å². The van der Waals surface area contributed by atoms with Gasteiger partial charge in [0.05, 0.1) is 36.4 Å². The molecule has 212 valence electrons. The number of carbonyl (C=O) groups is 1. The lowest BCUT2D eigenvalue weighted by Gasteiger charge is -2.66. The van der Waals surface area contributed by atoms with Gasteiger partial charge < -0.3 is 50.3 Å². The molecule has 0 aromatic carbocycles. The summed E-state index contributed by atoms with van der Waals surface area (Å²) < 4.78 is 11.8. The van der Waals surface area contributed by atoms with Crippen LogP contribution in [0.5, 0.6) is 0 Å². The van der Waals surface area contributed by atoms with Crippen LogP contribution < -0.4 is 0 Å². The van der Waals surface area contributed by atoms with E-state index in [4.69, 9.17) is 9.47 Å². The molecule has 14 unspecified atom stereocenters. The van der Waals surface area contributed by atoms with Gasteiger partial charge in [-0.25, -0.2) is 0 Å². The van der Waals surface area contributed by atoms with Gasteiger partial charge in [0, 0.05) is 11.3 Å². The van der Waals surface area contributed by atoms with E-state index in [1.54, 1.807) is 6.92 Å². The highest BCUT2D eigenvalue weighted by molar-refractivity contribution is 5.75. The number of ether oxygens (including phenoxy) is 2. The first kappa shape index (κ1) is 27.7. The van der Waals surface area contributed by atoms with E-state index in [0.717, 1.165) is 6.42 Å². The third-order valence-electron chi connectivity index (χ3n) is 11.3. The molecule has 5 fully saturated rings. The lowest BCUT2D eigenvalue weighted by Crippen LogP contribution is -2.69. The van der Waals surface area contributed by atoms with Crippen LogP contribution in [0.15, 0.2) is 0 Å². The first-order valence-corrected chi connectivity index (χ1v) is 13.5. The second-order valence-corrected chi connectivity index (χ2v) is 13.0. The molecule has 5 rings (SSSR count). The van der Waals surface area contributed by atoms with Gasteiger partial charge >= 0.3 is 5.97 Å². The molecule has 1 saturated heterocycles. The number of fused-ring (bicyclic) bond motifs is 3. The molecule has 8 N–H and O–H groups in total. The number of hydrogen-bond acceptors (Lipinski definition) is 10. The van der Waals surface area contributed by atoms with Crippen molar-refractivity contribution in [1.29, 1.82) is 0 Å². The fourth-order valence-corrected chi connectivity index (χ4v) is 9.67. The quantitative estimate of drug-likeness (QED) is 0.216. The number of carboxylic acids is 1. The largest absolute Gasteiger partial charge is 0.481 e. The van der Waals surface area contributed by atoms with Crippen molar-refractivity contribution >= 4 is 5.97 Å². The van der Waals surface area contributed by atoms with Crippen molar-refractivity contribution < 1.29 is 55.1 Å². The molecule has 0 aromatic rings. The number of aliphatic carboxylic acids is 1. The second-order valence-electron chi connectivity index (χ2n) is 13.0. The van der Waals surface area contributed by atoms with Crippen molar-refractivity contribution in [2.45, 2.75) is 107 Å². The maximum Gasteiger partial charge on any atom is 0.309 e. The molecular weight excluding hydrogens is 488 g/mol. The summed E-state index contributed by atoms with van der Waals surface area (Å²) in [5.41, 5.74) is -3.84. The zero-order valence-electron chi connectivity index (χ0n) is 21.4. The molecular formula is C26H42O11. The maximum atomic E-state index is 12.4. The summed E-state index contributed by atoms with van der Waals surface area (Å²) in [5, 5.41) is 84.6. The minimum Gasteiger partial charge on any atom is -0.481 e. The summed E-state index contributed by atoms with van der Waals surface area (Å²) in [6.07, 6.45) is -6.18. The Balaban J connectivity index is 1.50. The monoisotopic (exact) mass is 530 g/mol. The zero-order valence-corrected chi connectivity index (χ0v) is 21.4. The Kier molecular flexibility index (Phi) is 6.78. The topological polar surface area (TPSA) is 197 Å². The molecule has 0 aromatic heterocycles. The molecule has 5 aliphatic rings. The van der Waals surface area contributed by atoms with Crippen LogP contribution in [0.4, 0.5) is 0 Å². The highest BCUT2D eigenvalue weighted by atomic mass is 16.7. The summed E-state index contributed by atoms with van der Waals surface area (Å²) in [6.45, 7) is 2.64. The minimum absolute atomic E-state index is 0.120. The van der Waals surface area contributed by atoms with Crippen LogP contribution in [0.3, 0.4) is 0 Å². The molecule has 1 aliphatic heterocycles. The Labute approximate surface area is 216 Å². The van der Waals surface area contributed by atoms with Crippen LogP contribution in [0.25, 0.3) is 0 Å². The van der Waals surface area contributed by atoms with Crippen LogP contribution in [0.2, 0.25) is 0 Å². The highest BCUT2D eigenvalue weighted by Gasteiger charge is 2.74. The standard InChI is InChI=1S/C26H42O11/c1-23-6-3-7-24(2,22(34)35)19(23)18(32)20(33)25-8-12(4-5-14(23)25)26(10-25,11-28)37-21-17(31)16(30)15(29)13(9-27)36-21/h12-21,27-33H,3-11H2,1-2H3,(H,34,35). The Bertz CT molecular complexity index is 900. The molecule has 4 aliphatic carbocycles. The molecule has 2 bridgehead atoms. The summed E-state index contributed by atoms with van der Waals surface area (Å²) in [4.78, 5) is 12.4. The summed E-state index contributed by atoms with van der Waals surface area (Å²) >= 11 is 0.